The number of nitrogens with two attached hydrogens (primary N) is 1. The fourth-order valence-corrected chi connectivity index (χ4v) is 2.44. The zero-order valence-corrected chi connectivity index (χ0v) is 13.5. The van der Waals surface area contributed by atoms with Gasteiger partial charge in [0.15, 0.2) is 6.04 Å². The SMILES string of the molecule is CNC(=O)NC(=O)[C@H]([NH2+]Cc1cccc(Cl)c1)c1ccccc1. The van der Waals surface area contributed by atoms with Crippen LogP contribution in [0.5, 0.6) is 0 Å². The van der Waals surface area contributed by atoms with Gasteiger partial charge >= 0.3 is 6.03 Å². The Hall–Kier alpha value is -2.37. The Morgan fingerprint density at radius 1 is 1.13 bits per heavy atom. The van der Waals surface area contributed by atoms with Crippen molar-refractivity contribution in [3.05, 3.63) is 70.7 Å². The lowest BCUT2D eigenvalue weighted by Crippen LogP contribution is -2.86. The van der Waals surface area contributed by atoms with Gasteiger partial charge in [-0.25, -0.2) is 4.79 Å². The smallest absolute Gasteiger partial charge is 0.321 e. The van der Waals surface area contributed by atoms with Crippen LogP contribution in [0.25, 0.3) is 0 Å². The van der Waals surface area contributed by atoms with E-state index < -0.39 is 12.1 Å². The normalized spacial score (nSPS) is 11.6. The molecule has 2 rings (SSSR count). The number of halogens is 1. The molecule has 2 aromatic rings. The topological polar surface area (TPSA) is 74.8 Å². The van der Waals surface area contributed by atoms with Crippen molar-refractivity contribution in [1.82, 2.24) is 10.6 Å². The molecule has 0 bridgehead atoms. The quantitative estimate of drug-likeness (QED) is 0.778. The molecular formula is C17H19ClN3O2+. The second-order valence-electron chi connectivity index (χ2n) is 5.03. The fraction of sp³-hybridized carbons (Fsp3) is 0.176. The second-order valence-corrected chi connectivity index (χ2v) is 5.46. The number of quaternary nitrogens is 1. The molecular weight excluding hydrogens is 314 g/mol. The number of hydrogen-bond donors (Lipinski definition) is 3. The molecule has 0 radical (unpaired) electrons. The molecule has 4 N–H and O–H groups in total. The predicted octanol–water partition coefficient (Wildman–Crippen LogP) is 1.60. The number of benzene rings is 2. The molecule has 0 aliphatic rings. The number of rotatable bonds is 5. The highest BCUT2D eigenvalue weighted by Gasteiger charge is 2.25. The molecule has 0 aromatic heterocycles. The minimum Gasteiger partial charge on any atom is -0.341 e. The third-order valence-corrected chi connectivity index (χ3v) is 3.62. The number of imide groups is 1. The van der Waals surface area contributed by atoms with E-state index in [9.17, 15) is 9.59 Å². The van der Waals surface area contributed by atoms with Gasteiger partial charge in [0.1, 0.15) is 6.54 Å². The van der Waals surface area contributed by atoms with Crippen LogP contribution in [0.3, 0.4) is 0 Å². The first-order valence-electron chi connectivity index (χ1n) is 7.25. The lowest BCUT2D eigenvalue weighted by molar-refractivity contribution is -0.698. The summed E-state index contributed by atoms with van der Waals surface area (Å²) < 4.78 is 0. The highest BCUT2D eigenvalue weighted by Crippen LogP contribution is 2.11. The summed E-state index contributed by atoms with van der Waals surface area (Å²) in [6.45, 7) is 0.571. The Kier molecular flexibility index (Phi) is 6.14. The number of urea groups is 1. The molecule has 0 saturated heterocycles. The number of amides is 3. The average Bonchev–Trinajstić information content (AvgIpc) is 2.56. The molecule has 2 aromatic carbocycles. The van der Waals surface area contributed by atoms with Crippen molar-refractivity contribution < 1.29 is 14.9 Å². The average molecular weight is 333 g/mol. The number of hydrogen-bond acceptors (Lipinski definition) is 2. The van der Waals surface area contributed by atoms with Crippen LogP contribution in [0.15, 0.2) is 54.6 Å². The van der Waals surface area contributed by atoms with Gasteiger partial charge in [0.05, 0.1) is 0 Å². The van der Waals surface area contributed by atoms with E-state index in [1.165, 1.54) is 7.05 Å². The molecule has 3 amide bonds. The summed E-state index contributed by atoms with van der Waals surface area (Å²) in [7, 11) is 1.47. The maximum atomic E-state index is 12.4. The van der Waals surface area contributed by atoms with E-state index in [2.05, 4.69) is 10.6 Å². The van der Waals surface area contributed by atoms with E-state index in [1.807, 2.05) is 53.8 Å². The first-order chi connectivity index (χ1) is 11.1. The summed E-state index contributed by atoms with van der Waals surface area (Å²) in [6, 6.07) is 15.8. The van der Waals surface area contributed by atoms with Gasteiger partial charge in [0.2, 0.25) is 0 Å². The highest BCUT2D eigenvalue weighted by atomic mass is 35.5. The van der Waals surface area contributed by atoms with Gasteiger partial charge in [0, 0.05) is 23.2 Å². The van der Waals surface area contributed by atoms with Crippen molar-refractivity contribution >= 4 is 23.5 Å². The maximum Gasteiger partial charge on any atom is 0.321 e. The van der Waals surface area contributed by atoms with Gasteiger partial charge < -0.3 is 10.6 Å². The van der Waals surface area contributed by atoms with Crippen LogP contribution >= 0.6 is 11.6 Å². The summed E-state index contributed by atoms with van der Waals surface area (Å²) in [6.07, 6.45) is 0. The Morgan fingerprint density at radius 3 is 2.52 bits per heavy atom. The third kappa shape index (κ3) is 5.09. The number of nitrogens with one attached hydrogen (secondary N) is 2. The van der Waals surface area contributed by atoms with Crippen LogP contribution < -0.4 is 16.0 Å². The fourth-order valence-electron chi connectivity index (χ4n) is 2.22. The Balaban J connectivity index is 2.13. The van der Waals surface area contributed by atoms with E-state index in [0.29, 0.717) is 11.6 Å². The number of carbonyl (C=O) groups excluding carboxylic acids is 2. The zero-order chi connectivity index (χ0) is 16.7. The Bertz CT molecular complexity index is 677. The van der Waals surface area contributed by atoms with Crippen LogP contribution in [0.1, 0.15) is 17.2 Å². The molecule has 5 nitrogen and oxygen atoms in total. The molecule has 6 heteroatoms. The molecule has 0 saturated carbocycles. The zero-order valence-electron chi connectivity index (χ0n) is 12.8. The standard InChI is InChI=1S/C17H18ClN3O2/c1-19-17(23)21-16(22)15(13-7-3-2-4-8-13)20-11-12-6-5-9-14(18)10-12/h2-10,15,20H,11H2,1H3,(H2,19,21,22,23)/p+1/t15-/m1/s1. The second kappa shape index (κ2) is 8.31. The van der Waals surface area contributed by atoms with Crippen molar-refractivity contribution in [2.45, 2.75) is 12.6 Å². The van der Waals surface area contributed by atoms with Crippen LogP contribution in [0.4, 0.5) is 4.79 Å². The lowest BCUT2D eigenvalue weighted by atomic mass is 10.1. The molecule has 0 aliphatic carbocycles. The molecule has 0 heterocycles. The van der Waals surface area contributed by atoms with Crippen LogP contribution in [-0.4, -0.2) is 19.0 Å². The molecule has 120 valence electrons. The molecule has 0 spiro atoms. The van der Waals surface area contributed by atoms with Crippen molar-refractivity contribution in [1.29, 1.82) is 0 Å². The lowest BCUT2D eigenvalue weighted by Gasteiger charge is -2.15. The monoisotopic (exact) mass is 332 g/mol. The van der Waals surface area contributed by atoms with Crippen molar-refractivity contribution in [2.75, 3.05) is 7.05 Å². The summed E-state index contributed by atoms with van der Waals surface area (Å²) in [5.41, 5.74) is 1.84. The Labute approximate surface area is 140 Å². The van der Waals surface area contributed by atoms with Gasteiger partial charge in [-0.2, -0.15) is 0 Å². The van der Waals surface area contributed by atoms with Crippen LogP contribution in [0, 0.1) is 0 Å². The van der Waals surface area contributed by atoms with Gasteiger partial charge in [-0.05, 0) is 12.1 Å². The maximum absolute atomic E-state index is 12.4. The van der Waals surface area contributed by atoms with E-state index in [1.54, 1.807) is 6.07 Å². The van der Waals surface area contributed by atoms with Gasteiger partial charge in [0.25, 0.3) is 5.91 Å². The van der Waals surface area contributed by atoms with Crippen LogP contribution in [-0.2, 0) is 11.3 Å². The van der Waals surface area contributed by atoms with Crippen molar-refractivity contribution in [3.63, 3.8) is 0 Å². The van der Waals surface area contributed by atoms with E-state index in [-0.39, 0.29) is 5.91 Å². The third-order valence-electron chi connectivity index (χ3n) is 3.38. The molecule has 1 atom stereocenters. The van der Waals surface area contributed by atoms with E-state index in [0.717, 1.165) is 11.1 Å². The van der Waals surface area contributed by atoms with Crippen molar-refractivity contribution in [2.24, 2.45) is 0 Å². The highest BCUT2D eigenvalue weighted by molar-refractivity contribution is 6.30. The Morgan fingerprint density at radius 2 is 1.87 bits per heavy atom. The van der Waals surface area contributed by atoms with E-state index in [4.69, 9.17) is 11.6 Å². The van der Waals surface area contributed by atoms with Gasteiger partial charge in [-0.3, -0.25) is 10.1 Å². The molecule has 0 unspecified atom stereocenters. The molecule has 23 heavy (non-hydrogen) atoms. The van der Waals surface area contributed by atoms with E-state index >= 15 is 0 Å². The first-order valence-corrected chi connectivity index (χ1v) is 7.63. The van der Waals surface area contributed by atoms with Gasteiger partial charge in [-0.1, -0.05) is 54.1 Å². The summed E-state index contributed by atoms with van der Waals surface area (Å²) >= 11 is 5.98. The first kappa shape index (κ1) is 17.0. The van der Waals surface area contributed by atoms with Crippen molar-refractivity contribution in [3.8, 4) is 0 Å². The summed E-state index contributed by atoms with van der Waals surface area (Å²) in [5.74, 6) is -0.363. The summed E-state index contributed by atoms with van der Waals surface area (Å²) in [5, 5.41) is 7.24. The summed E-state index contributed by atoms with van der Waals surface area (Å²) in [4.78, 5) is 23.8. The number of carbonyl (C=O) groups is 2. The minimum absolute atomic E-state index is 0.363. The van der Waals surface area contributed by atoms with Gasteiger partial charge in [-0.15, -0.1) is 0 Å². The minimum atomic E-state index is -0.521. The predicted molar refractivity (Wildman–Crippen MR) is 88.9 cm³/mol. The largest absolute Gasteiger partial charge is 0.341 e. The molecule has 0 fully saturated rings. The van der Waals surface area contributed by atoms with Crippen LogP contribution in [0.2, 0.25) is 5.02 Å². The molecule has 0 aliphatic heterocycles.